The molecule has 0 radical (unpaired) electrons. The van der Waals surface area contributed by atoms with Gasteiger partial charge in [-0.3, -0.25) is 19.6 Å². The number of hydrogen-bond acceptors (Lipinski definition) is 4. The fourth-order valence-electron chi connectivity index (χ4n) is 3.59. The van der Waals surface area contributed by atoms with E-state index in [0.29, 0.717) is 6.42 Å². The van der Waals surface area contributed by atoms with Gasteiger partial charge in [0, 0.05) is 7.05 Å². The molecule has 1 saturated carbocycles. The zero-order chi connectivity index (χ0) is 20.1. The van der Waals surface area contributed by atoms with E-state index in [2.05, 4.69) is 10.6 Å². The number of rotatable bonds is 8. The van der Waals surface area contributed by atoms with Crippen molar-refractivity contribution in [3.05, 3.63) is 0 Å². The van der Waals surface area contributed by atoms with Gasteiger partial charge in [0.25, 0.3) is 0 Å². The highest BCUT2D eigenvalue weighted by Gasteiger charge is 2.43. The third-order valence-electron chi connectivity index (χ3n) is 5.23. The van der Waals surface area contributed by atoms with Crippen LogP contribution in [0.3, 0.4) is 0 Å². The standard InChI is InChI=1S/C19H35N3O4/c1-11(2)10-13(14(17(24)22-26)12-8-7-9-12)16(23)21-15(18(25)20-6)19(3,4)5/h11-15,26H,7-10H2,1-6H3,(H,20,25)(H,21,23)(H,22,24)/t13-,14+,15-/m1/s1. The molecular formula is C19H35N3O4. The summed E-state index contributed by atoms with van der Waals surface area (Å²) in [6, 6.07) is -0.700. The summed E-state index contributed by atoms with van der Waals surface area (Å²) < 4.78 is 0. The van der Waals surface area contributed by atoms with E-state index in [1.165, 1.54) is 7.05 Å². The lowest BCUT2D eigenvalue weighted by Gasteiger charge is -2.38. The third kappa shape index (κ3) is 5.69. The fraction of sp³-hybridized carbons (Fsp3) is 0.842. The van der Waals surface area contributed by atoms with Gasteiger partial charge in [0.05, 0.1) is 11.8 Å². The topological polar surface area (TPSA) is 108 Å². The van der Waals surface area contributed by atoms with Crippen molar-refractivity contribution in [2.45, 2.75) is 66.3 Å². The van der Waals surface area contributed by atoms with E-state index in [1.807, 2.05) is 34.6 Å². The summed E-state index contributed by atoms with van der Waals surface area (Å²) in [7, 11) is 1.54. The molecule has 0 aromatic carbocycles. The zero-order valence-corrected chi connectivity index (χ0v) is 16.9. The van der Waals surface area contributed by atoms with Gasteiger partial charge >= 0.3 is 0 Å². The number of carbonyl (C=O) groups is 3. The lowest BCUT2D eigenvalue weighted by atomic mass is 9.68. The quantitative estimate of drug-likeness (QED) is 0.387. The lowest BCUT2D eigenvalue weighted by molar-refractivity contribution is -0.146. The Morgan fingerprint density at radius 3 is 2.00 bits per heavy atom. The van der Waals surface area contributed by atoms with Gasteiger partial charge in [0.2, 0.25) is 17.7 Å². The summed E-state index contributed by atoms with van der Waals surface area (Å²) >= 11 is 0. The SMILES string of the molecule is CNC(=O)[C@@H](NC(=O)[C@H](CC(C)C)[C@@H](C(=O)NO)C1CCC1)C(C)(C)C. The van der Waals surface area contributed by atoms with E-state index in [9.17, 15) is 19.6 Å². The Morgan fingerprint density at radius 1 is 1.08 bits per heavy atom. The molecule has 1 fully saturated rings. The third-order valence-corrected chi connectivity index (χ3v) is 5.23. The molecule has 0 aliphatic heterocycles. The molecule has 3 amide bonds. The highest BCUT2D eigenvalue weighted by molar-refractivity contribution is 5.91. The second-order valence-electron chi connectivity index (χ2n) is 8.85. The predicted octanol–water partition coefficient (Wildman–Crippen LogP) is 1.85. The van der Waals surface area contributed by atoms with Crippen LogP contribution in [0.2, 0.25) is 0 Å². The lowest BCUT2D eigenvalue weighted by Crippen LogP contribution is -2.56. The molecule has 150 valence electrons. The largest absolute Gasteiger partial charge is 0.357 e. The Kier molecular flexibility index (Phi) is 8.06. The van der Waals surface area contributed by atoms with Gasteiger partial charge in [-0.05, 0) is 36.5 Å². The summed E-state index contributed by atoms with van der Waals surface area (Å²) in [5.41, 5.74) is 1.27. The maximum Gasteiger partial charge on any atom is 0.247 e. The molecule has 3 atom stereocenters. The molecule has 1 aliphatic rings. The summed E-state index contributed by atoms with van der Waals surface area (Å²) in [6.07, 6.45) is 3.29. The highest BCUT2D eigenvalue weighted by atomic mass is 16.5. The summed E-state index contributed by atoms with van der Waals surface area (Å²) in [5, 5.41) is 14.6. The average molecular weight is 370 g/mol. The summed E-state index contributed by atoms with van der Waals surface area (Å²) in [4.78, 5) is 37.7. The van der Waals surface area contributed by atoms with Crippen molar-refractivity contribution < 1.29 is 19.6 Å². The van der Waals surface area contributed by atoms with Crippen LogP contribution < -0.4 is 16.1 Å². The molecular weight excluding hydrogens is 334 g/mol. The Morgan fingerprint density at radius 2 is 1.65 bits per heavy atom. The molecule has 4 N–H and O–H groups in total. The summed E-state index contributed by atoms with van der Waals surface area (Å²) in [5.74, 6) is -1.95. The molecule has 0 aromatic rings. The van der Waals surface area contributed by atoms with Crippen LogP contribution in [0, 0.1) is 29.1 Å². The zero-order valence-electron chi connectivity index (χ0n) is 16.9. The Labute approximate surface area is 156 Å². The second-order valence-corrected chi connectivity index (χ2v) is 8.85. The van der Waals surface area contributed by atoms with E-state index in [1.54, 1.807) is 5.48 Å². The number of carbonyl (C=O) groups excluding carboxylic acids is 3. The molecule has 0 heterocycles. The van der Waals surface area contributed by atoms with E-state index < -0.39 is 29.2 Å². The van der Waals surface area contributed by atoms with Gasteiger partial charge in [-0.25, -0.2) is 5.48 Å². The Bertz CT molecular complexity index is 509. The molecule has 7 heteroatoms. The summed E-state index contributed by atoms with van der Waals surface area (Å²) in [6.45, 7) is 9.64. The van der Waals surface area contributed by atoms with Crippen LogP contribution in [-0.4, -0.2) is 36.0 Å². The van der Waals surface area contributed by atoms with Crippen molar-refractivity contribution in [2.75, 3.05) is 7.05 Å². The van der Waals surface area contributed by atoms with Crippen LogP contribution in [0.25, 0.3) is 0 Å². The van der Waals surface area contributed by atoms with E-state index >= 15 is 0 Å². The number of hydrogen-bond donors (Lipinski definition) is 4. The van der Waals surface area contributed by atoms with Gasteiger partial charge < -0.3 is 10.6 Å². The smallest absolute Gasteiger partial charge is 0.247 e. The first-order valence-electron chi connectivity index (χ1n) is 9.48. The van der Waals surface area contributed by atoms with E-state index in [-0.39, 0.29) is 23.7 Å². The molecule has 0 spiro atoms. The molecule has 1 rings (SSSR count). The maximum atomic E-state index is 13.1. The molecule has 0 aromatic heterocycles. The van der Waals surface area contributed by atoms with Crippen molar-refractivity contribution in [3.63, 3.8) is 0 Å². The highest BCUT2D eigenvalue weighted by Crippen LogP contribution is 2.39. The van der Waals surface area contributed by atoms with Crippen LogP contribution in [0.5, 0.6) is 0 Å². The first kappa shape index (κ1) is 22.4. The van der Waals surface area contributed by atoms with Crippen LogP contribution in [-0.2, 0) is 14.4 Å². The molecule has 0 bridgehead atoms. The van der Waals surface area contributed by atoms with Gasteiger partial charge in [-0.15, -0.1) is 0 Å². The van der Waals surface area contributed by atoms with Gasteiger partial charge in [0.1, 0.15) is 6.04 Å². The Hall–Kier alpha value is -1.63. The normalized spacial score (nSPS) is 18.5. The minimum atomic E-state index is -0.700. The van der Waals surface area contributed by atoms with Crippen LogP contribution in [0.1, 0.15) is 60.3 Å². The van der Waals surface area contributed by atoms with Crippen molar-refractivity contribution in [1.82, 2.24) is 16.1 Å². The first-order valence-corrected chi connectivity index (χ1v) is 9.48. The molecule has 26 heavy (non-hydrogen) atoms. The van der Waals surface area contributed by atoms with Crippen molar-refractivity contribution in [3.8, 4) is 0 Å². The molecule has 0 unspecified atom stereocenters. The fourth-order valence-corrected chi connectivity index (χ4v) is 3.59. The molecule has 0 saturated heterocycles. The number of nitrogens with one attached hydrogen (secondary N) is 3. The minimum Gasteiger partial charge on any atom is -0.357 e. The second kappa shape index (κ2) is 9.35. The monoisotopic (exact) mass is 369 g/mol. The van der Waals surface area contributed by atoms with Crippen LogP contribution in [0.15, 0.2) is 0 Å². The van der Waals surface area contributed by atoms with Gasteiger partial charge in [-0.2, -0.15) is 0 Å². The average Bonchev–Trinajstić information content (AvgIpc) is 2.50. The van der Waals surface area contributed by atoms with Crippen LogP contribution >= 0.6 is 0 Å². The molecule has 7 nitrogen and oxygen atoms in total. The Balaban J connectivity index is 3.10. The van der Waals surface area contributed by atoms with Crippen LogP contribution in [0.4, 0.5) is 0 Å². The maximum absolute atomic E-state index is 13.1. The van der Waals surface area contributed by atoms with E-state index in [0.717, 1.165) is 19.3 Å². The number of amides is 3. The molecule has 1 aliphatic carbocycles. The number of likely N-dealkylation sites (N-methyl/N-ethyl adjacent to an activating group) is 1. The van der Waals surface area contributed by atoms with Crippen molar-refractivity contribution >= 4 is 17.7 Å². The first-order chi connectivity index (χ1) is 12.0. The van der Waals surface area contributed by atoms with Crippen molar-refractivity contribution in [2.24, 2.45) is 29.1 Å². The van der Waals surface area contributed by atoms with Gasteiger partial charge in [0.15, 0.2) is 0 Å². The van der Waals surface area contributed by atoms with E-state index in [4.69, 9.17) is 0 Å². The van der Waals surface area contributed by atoms with Crippen molar-refractivity contribution in [1.29, 1.82) is 0 Å². The number of hydroxylamine groups is 1. The predicted molar refractivity (Wildman–Crippen MR) is 99.2 cm³/mol. The minimum absolute atomic E-state index is 0.0877. The van der Waals surface area contributed by atoms with Gasteiger partial charge in [-0.1, -0.05) is 41.0 Å².